The van der Waals surface area contributed by atoms with Gasteiger partial charge in [-0.3, -0.25) is 9.59 Å². The van der Waals surface area contributed by atoms with E-state index in [2.05, 4.69) is 5.32 Å². The first-order chi connectivity index (χ1) is 12.9. The van der Waals surface area contributed by atoms with Crippen molar-refractivity contribution in [1.82, 2.24) is 4.90 Å². The van der Waals surface area contributed by atoms with Crippen LogP contribution < -0.4 is 5.32 Å². The van der Waals surface area contributed by atoms with Gasteiger partial charge in [-0.05, 0) is 36.2 Å². The Morgan fingerprint density at radius 2 is 1.93 bits per heavy atom. The van der Waals surface area contributed by atoms with Crippen LogP contribution in [0, 0.1) is 0 Å². The van der Waals surface area contributed by atoms with Gasteiger partial charge in [-0.1, -0.05) is 24.3 Å². The number of carboxylic acid groups (broad SMARTS) is 1. The van der Waals surface area contributed by atoms with Gasteiger partial charge in [0.15, 0.2) is 0 Å². The van der Waals surface area contributed by atoms with Crippen LogP contribution in [0.3, 0.4) is 0 Å². The summed E-state index contributed by atoms with van der Waals surface area (Å²) in [5, 5.41) is 12.3. The second-order valence-electron chi connectivity index (χ2n) is 6.72. The fourth-order valence-corrected chi connectivity index (χ4v) is 4.40. The number of benzene rings is 2. The normalized spacial score (nSPS) is 21.1. The van der Waals surface area contributed by atoms with Crippen molar-refractivity contribution >= 4 is 35.2 Å². The van der Waals surface area contributed by atoms with E-state index in [9.17, 15) is 19.5 Å². The highest BCUT2D eigenvalue weighted by Gasteiger charge is 2.35. The second-order valence-corrected chi connectivity index (χ2v) is 8.10. The maximum absolute atomic E-state index is 13.1. The third-order valence-corrected chi connectivity index (χ3v) is 6.13. The monoisotopic (exact) mass is 382 g/mol. The molecule has 2 amide bonds. The van der Waals surface area contributed by atoms with Gasteiger partial charge in [0.05, 0.1) is 10.9 Å². The van der Waals surface area contributed by atoms with E-state index < -0.39 is 12.0 Å². The lowest BCUT2D eigenvalue weighted by atomic mass is 9.93. The smallest absolute Gasteiger partial charge is 0.326 e. The Morgan fingerprint density at radius 1 is 1.19 bits per heavy atom. The SMILES string of the molecule is C[C@H]1Sc2ccc(C(=O)N3Cc4ccccc4C[C@H]3C(=O)O)cc2NC1=O. The van der Waals surface area contributed by atoms with Crippen LogP contribution in [-0.2, 0) is 22.6 Å². The van der Waals surface area contributed by atoms with Crippen molar-refractivity contribution in [3.8, 4) is 0 Å². The number of amides is 2. The highest BCUT2D eigenvalue weighted by molar-refractivity contribution is 8.00. The summed E-state index contributed by atoms with van der Waals surface area (Å²) in [4.78, 5) is 39.1. The van der Waals surface area contributed by atoms with Crippen LogP contribution in [0.5, 0.6) is 0 Å². The molecular weight excluding hydrogens is 364 g/mol. The lowest BCUT2D eigenvalue weighted by Crippen LogP contribution is -2.48. The van der Waals surface area contributed by atoms with Gasteiger partial charge in [0.1, 0.15) is 6.04 Å². The second kappa shape index (κ2) is 6.74. The van der Waals surface area contributed by atoms with Crippen LogP contribution in [-0.4, -0.2) is 39.1 Å². The van der Waals surface area contributed by atoms with Crippen LogP contribution in [0.25, 0.3) is 0 Å². The quantitative estimate of drug-likeness (QED) is 0.834. The molecule has 2 aromatic carbocycles. The molecule has 2 heterocycles. The minimum absolute atomic E-state index is 0.104. The molecule has 0 aliphatic carbocycles. The summed E-state index contributed by atoms with van der Waals surface area (Å²) < 4.78 is 0. The maximum atomic E-state index is 13.1. The third kappa shape index (κ3) is 3.19. The summed E-state index contributed by atoms with van der Waals surface area (Å²) in [6.45, 7) is 2.08. The van der Waals surface area contributed by atoms with E-state index >= 15 is 0 Å². The molecule has 2 aliphatic rings. The summed E-state index contributed by atoms with van der Waals surface area (Å²) >= 11 is 1.44. The van der Waals surface area contributed by atoms with E-state index in [1.54, 1.807) is 18.2 Å². The number of rotatable bonds is 2. The minimum Gasteiger partial charge on any atom is -0.480 e. The van der Waals surface area contributed by atoms with Gasteiger partial charge in [0, 0.05) is 23.4 Å². The van der Waals surface area contributed by atoms with E-state index in [1.165, 1.54) is 16.7 Å². The largest absolute Gasteiger partial charge is 0.480 e. The molecule has 7 heteroatoms. The zero-order valence-electron chi connectivity index (χ0n) is 14.6. The zero-order chi connectivity index (χ0) is 19.1. The lowest BCUT2D eigenvalue weighted by molar-refractivity contribution is -0.142. The average molecular weight is 382 g/mol. The van der Waals surface area contributed by atoms with Crippen molar-refractivity contribution in [3.63, 3.8) is 0 Å². The van der Waals surface area contributed by atoms with Crippen molar-refractivity contribution in [3.05, 3.63) is 59.2 Å². The standard InChI is InChI=1S/C20H18N2O4S/c1-11-18(23)21-15-8-13(6-7-17(15)27-11)19(24)22-10-14-5-3-2-4-12(14)9-16(22)20(25)26/h2-8,11,16H,9-10H2,1H3,(H,21,23)(H,25,26)/t11-,16+/m1/s1. The first kappa shape index (κ1) is 17.6. The van der Waals surface area contributed by atoms with Crippen molar-refractivity contribution in [1.29, 1.82) is 0 Å². The molecule has 0 bridgehead atoms. The van der Waals surface area contributed by atoms with Gasteiger partial charge < -0.3 is 15.3 Å². The Hall–Kier alpha value is -2.80. The molecule has 27 heavy (non-hydrogen) atoms. The van der Waals surface area contributed by atoms with Gasteiger partial charge in [-0.2, -0.15) is 0 Å². The number of carbonyl (C=O) groups excluding carboxylic acids is 2. The zero-order valence-corrected chi connectivity index (χ0v) is 15.5. The van der Waals surface area contributed by atoms with Crippen LogP contribution in [0.2, 0.25) is 0 Å². The molecule has 6 nitrogen and oxygen atoms in total. The van der Waals surface area contributed by atoms with Gasteiger partial charge in [0.2, 0.25) is 5.91 Å². The molecule has 2 N–H and O–H groups in total. The predicted molar refractivity (Wildman–Crippen MR) is 102 cm³/mol. The first-order valence-corrected chi connectivity index (χ1v) is 9.54. The Balaban J connectivity index is 1.66. The molecule has 0 unspecified atom stereocenters. The summed E-state index contributed by atoms with van der Waals surface area (Å²) in [6.07, 6.45) is 0.284. The van der Waals surface area contributed by atoms with Crippen molar-refractivity contribution < 1.29 is 19.5 Å². The van der Waals surface area contributed by atoms with Gasteiger partial charge in [0.25, 0.3) is 5.91 Å². The predicted octanol–water partition coefficient (Wildman–Crippen LogP) is 2.77. The van der Waals surface area contributed by atoms with Crippen LogP contribution >= 0.6 is 11.8 Å². The van der Waals surface area contributed by atoms with E-state index in [0.717, 1.165) is 16.0 Å². The molecule has 0 radical (unpaired) electrons. The molecule has 4 rings (SSSR count). The number of nitrogens with one attached hydrogen (secondary N) is 1. The molecule has 0 spiro atoms. The lowest BCUT2D eigenvalue weighted by Gasteiger charge is -2.34. The fraction of sp³-hybridized carbons (Fsp3) is 0.250. The summed E-state index contributed by atoms with van der Waals surface area (Å²) in [7, 11) is 0. The number of aliphatic carboxylic acids is 1. The van der Waals surface area contributed by atoms with Gasteiger partial charge in [-0.25, -0.2) is 4.79 Å². The van der Waals surface area contributed by atoms with E-state index in [4.69, 9.17) is 0 Å². The number of hydrogen-bond donors (Lipinski definition) is 2. The fourth-order valence-electron chi connectivity index (χ4n) is 3.46. The van der Waals surface area contributed by atoms with E-state index in [1.807, 2.05) is 31.2 Å². The molecule has 2 aromatic rings. The summed E-state index contributed by atoms with van der Waals surface area (Å²) in [5.74, 6) is -1.47. The highest BCUT2D eigenvalue weighted by Crippen LogP contribution is 2.36. The average Bonchev–Trinajstić information content (AvgIpc) is 2.67. The molecular formula is C20H18N2O4S. The number of anilines is 1. The summed E-state index contributed by atoms with van der Waals surface area (Å²) in [5.41, 5.74) is 2.88. The number of fused-ring (bicyclic) bond motifs is 2. The summed E-state index contributed by atoms with van der Waals surface area (Å²) in [6, 6.07) is 11.8. The molecule has 138 valence electrons. The van der Waals surface area contributed by atoms with Crippen molar-refractivity contribution in [2.45, 2.75) is 36.1 Å². The van der Waals surface area contributed by atoms with Crippen LogP contribution in [0.1, 0.15) is 28.4 Å². The number of nitrogens with zero attached hydrogens (tertiary/aromatic N) is 1. The molecule has 2 atom stereocenters. The number of carboxylic acids is 1. The van der Waals surface area contributed by atoms with Gasteiger partial charge in [-0.15, -0.1) is 11.8 Å². The Labute approximate surface area is 160 Å². The Kier molecular flexibility index (Phi) is 4.39. The van der Waals surface area contributed by atoms with Crippen molar-refractivity contribution in [2.75, 3.05) is 5.32 Å². The molecule has 0 fully saturated rings. The topological polar surface area (TPSA) is 86.7 Å². The number of hydrogen-bond acceptors (Lipinski definition) is 4. The van der Waals surface area contributed by atoms with E-state index in [0.29, 0.717) is 11.3 Å². The number of thioether (sulfide) groups is 1. The molecule has 2 aliphatic heterocycles. The minimum atomic E-state index is -1.02. The number of carbonyl (C=O) groups is 3. The van der Waals surface area contributed by atoms with Gasteiger partial charge >= 0.3 is 5.97 Å². The first-order valence-electron chi connectivity index (χ1n) is 8.66. The Bertz CT molecular complexity index is 959. The van der Waals surface area contributed by atoms with Crippen LogP contribution in [0.15, 0.2) is 47.4 Å². The molecule has 0 saturated heterocycles. The maximum Gasteiger partial charge on any atom is 0.326 e. The molecule has 0 aromatic heterocycles. The van der Waals surface area contributed by atoms with Crippen LogP contribution in [0.4, 0.5) is 5.69 Å². The van der Waals surface area contributed by atoms with Crippen molar-refractivity contribution in [2.24, 2.45) is 0 Å². The third-order valence-electron chi connectivity index (χ3n) is 4.95. The highest BCUT2D eigenvalue weighted by atomic mass is 32.2. The molecule has 0 saturated carbocycles. The van der Waals surface area contributed by atoms with E-state index in [-0.39, 0.29) is 30.0 Å². The Morgan fingerprint density at radius 3 is 2.67 bits per heavy atom.